The Morgan fingerprint density at radius 2 is 1.79 bits per heavy atom. The zero-order valence-electron chi connectivity index (χ0n) is 12.8. The molecule has 5 heteroatoms. The number of ketones is 1. The fourth-order valence-electron chi connectivity index (χ4n) is 1.86. The van der Waals surface area contributed by atoms with Crippen LogP contribution in [-0.2, 0) is 14.0 Å². The molecule has 0 amide bonds. The van der Waals surface area contributed by atoms with E-state index in [-0.39, 0.29) is 16.4 Å². The van der Waals surface area contributed by atoms with E-state index in [0.29, 0.717) is 5.57 Å². The van der Waals surface area contributed by atoms with E-state index in [1.807, 2.05) is 6.07 Å². The Kier molecular flexibility index (Phi) is 4.40. The Balaban J connectivity index is 3.10. The van der Waals surface area contributed by atoms with Gasteiger partial charge >= 0.3 is 0 Å². The van der Waals surface area contributed by atoms with Gasteiger partial charge in [-0.1, -0.05) is 20.8 Å². The van der Waals surface area contributed by atoms with Crippen molar-refractivity contribution in [2.75, 3.05) is 7.11 Å². The van der Waals surface area contributed by atoms with Crippen molar-refractivity contribution in [3.05, 3.63) is 11.1 Å². The van der Waals surface area contributed by atoms with Crippen LogP contribution in [0.25, 0.3) is 0 Å². The van der Waals surface area contributed by atoms with Crippen molar-refractivity contribution in [3.63, 3.8) is 0 Å². The summed E-state index contributed by atoms with van der Waals surface area (Å²) in [5, 5.41) is 9.11. The molecule has 0 aromatic rings. The van der Waals surface area contributed by atoms with Gasteiger partial charge in [0.1, 0.15) is 18.3 Å². The molecule has 0 radical (unpaired) electrons. The molecule has 1 rings (SSSR count). The molecule has 106 valence electrons. The third-order valence-corrected chi connectivity index (χ3v) is 8.65. The number of ether oxygens (including phenoxy) is 1. The number of methoxy groups -OCH3 is 1. The van der Waals surface area contributed by atoms with E-state index in [4.69, 9.17) is 14.4 Å². The lowest BCUT2D eigenvalue weighted by atomic mass is 10.2. The first-order valence-electron chi connectivity index (χ1n) is 6.42. The molecule has 19 heavy (non-hydrogen) atoms. The van der Waals surface area contributed by atoms with Crippen LogP contribution in [0.2, 0.25) is 18.1 Å². The van der Waals surface area contributed by atoms with Crippen molar-refractivity contribution in [3.8, 4) is 6.07 Å². The molecule has 0 aromatic carbocycles. The molecule has 0 N–H and O–H groups in total. The monoisotopic (exact) mass is 281 g/mol. The van der Waals surface area contributed by atoms with Gasteiger partial charge in [-0.25, -0.2) is 0 Å². The van der Waals surface area contributed by atoms with Gasteiger partial charge in [-0.05, 0) is 30.6 Å². The molecule has 0 saturated carbocycles. The van der Waals surface area contributed by atoms with Crippen molar-refractivity contribution in [1.29, 1.82) is 5.26 Å². The lowest BCUT2D eigenvalue weighted by molar-refractivity contribution is -0.126. The fourth-order valence-corrected chi connectivity index (χ4v) is 3.15. The van der Waals surface area contributed by atoms with Crippen LogP contribution in [0.3, 0.4) is 0 Å². The molecule has 1 aliphatic carbocycles. The molecule has 0 spiro atoms. The minimum Gasteiger partial charge on any atom is -0.407 e. The largest absolute Gasteiger partial charge is 0.407 e. The van der Waals surface area contributed by atoms with Crippen LogP contribution >= 0.6 is 0 Å². The molecule has 0 heterocycles. The number of carbonyl (C=O) groups is 1. The highest BCUT2D eigenvalue weighted by Crippen LogP contribution is 2.40. The fraction of sp³-hybridized carbons (Fsp3) is 0.714. The molecule has 1 aliphatic rings. The van der Waals surface area contributed by atoms with Gasteiger partial charge in [-0.3, -0.25) is 4.79 Å². The van der Waals surface area contributed by atoms with E-state index in [1.54, 1.807) is 6.92 Å². The van der Waals surface area contributed by atoms with Gasteiger partial charge in [-0.2, -0.15) is 5.26 Å². The summed E-state index contributed by atoms with van der Waals surface area (Å²) in [7, 11) is -0.533. The van der Waals surface area contributed by atoms with Crippen molar-refractivity contribution >= 4 is 14.1 Å². The number of carbonyl (C=O) groups excluding carboxylic acids is 1. The van der Waals surface area contributed by atoms with Gasteiger partial charge in [0.15, 0.2) is 8.32 Å². The molecule has 4 nitrogen and oxygen atoms in total. The molecule has 0 bridgehead atoms. The summed E-state index contributed by atoms with van der Waals surface area (Å²) in [6.45, 7) is 12.5. The highest BCUT2D eigenvalue weighted by atomic mass is 28.4. The Bertz CT molecular complexity index is 454. The smallest absolute Gasteiger partial charge is 0.205 e. The van der Waals surface area contributed by atoms with Crippen LogP contribution in [0.15, 0.2) is 11.1 Å². The molecule has 0 unspecified atom stereocenters. The molecular weight excluding hydrogens is 258 g/mol. The van der Waals surface area contributed by atoms with Crippen LogP contribution in [0.1, 0.15) is 27.7 Å². The van der Waals surface area contributed by atoms with Gasteiger partial charge in [0.25, 0.3) is 0 Å². The highest BCUT2D eigenvalue weighted by Gasteiger charge is 2.47. The normalized spacial score (nSPS) is 24.8. The maximum atomic E-state index is 12.1. The van der Waals surface area contributed by atoms with Crippen LogP contribution in [-0.4, -0.2) is 33.4 Å². The SMILES string of the molecule is CO[C@H]1C(=O)C(C#N)=C(C)[C@@H]1O[Si](C)(C)C(C)(C)C. The summed E-state index contributed by atoms with van der Waals surface area (Å²) in [6.07, 6.45) is -1.10. The van der Waals surface area contributed by atoms with Crippen molar-refractivity contribution < 1.29 is 14.0 Å². The van der Waals surface area contributed by atoms with E-state index < -0.39 is 20.5 Å². The van der Waals surface area contributed by atoms with E-state index in [9.17, 15) is 4.79 Å². The van der Waals surface area contributed by atoms with E-state index in [1.165, 1.54) is 7.11 Å². The number of nitriles is 1. The average molecular weight is 281 g/mol. The van der Waals surface area contributed by atoms with Crippen LogP contribution in [0.4, 0.5) is 0 Å². The first kappa shape index (κ1) is 16.1. The first-order valence-corrected chi connectivity index (χ1v) is 9.33. The summed E-state index contributed by atoms with van der Waals surface area (Å²) >= 11 is 0. The van der Waals surface area contributed by atoms with Crippen LogP contribution in [0, 0.1) is 11.3 Å². The van der Waals surface area contributed by atoms with Crippen molar-refractivity contribution in [1.82, 2.24) is 0 Å². The van der Waals surface area contributed by atoms with Gasteiger partial charge in [0.2, 0.25) is 5.78 Å². The molecule has 0 saturated heterocycles. The Hall–Kier alpha value is -0.963. The maximum absolute atomic E-state index is 12.1. The standard InChI is InChI=1S/C14H23NO3Si/c1-9-10(8-15)11(16)13(17-5)12(9)18-19(6,7)14(2,3)4/h12-13H,1-7H3/t12-,13-/m0/s1. The topological polar surface area (TPSA) is 59.3 Å². The van der Waals surface area contributed by atoms with Gasteiger partial charge < -0.3 is 9.16 Å². The van der Waals surface area contributed by atoms with Crippen molar-refractivity contribution in [2.45, 2.75) is 58.0 Å². The molecule has 0 fully saturated rings. The van der Waals surface area contributed by atoms with E-state index in [2.05, 4.69) is 33.9 Å². The molecule has 0 aromatic heterocycles. The zero-order valence-corrected chi connectivity index (χ0v) is 13.8. The lowest BCUT2D eigenvalue weighted by Crippen LogP contribution is -2.47. The number of rotatable bonds is 3. The number of hydrogen-bond donors (Lipinski definition) is 0. The minimum absolute atomic E-state index is 0.0457. The Morgan fingerprint density at radius 1 is 1.26 bits per heavy atom. The zero-order chi connectivity index (χ0) is 15.0. The maximum Gasteiger partial charge on any atom is 0.205 e. The predicted octanol–water partition coefficient (Wildman–Crippen LogP) is 2.81. The molecular formula is C14H23NO3Si. The summed E-state index contributed by atoms with van der Waals surface area (Å²) in [6, 6.07) is 1.97. The van der Waals surface area contributed by atoms with Crippen molar-refractivity contribution in [2.24, 2.45) is 0 Å². The molecule has 0 aliphatic heterocycles. The second-order valence-corrected chi connectivity index (χ2v) is 11.2. The average Bonchev–Trinajstić information content (AvgIpc) is 2.48. The highest BCUT2D eigenvalue weighted by molar-refractivity contribution is 6.74. The Labute approximate surface area is 116 Å². The second kappa shape index (κ2) is 5.20. The van der Waals surface area contributed by atoms with Gasteiger partial charge in [-0.15, -0.1) is 0 Å². The summed E-state index contributed by atoms with van der Waals surface area (Å²) in [5.41, 5.74) is 0.889. The number of nitrogens with zero attached hydrogens (tertiary/aromatic N) is 1. The third kappa shape index (κ3) is 2.81. The second-order valence-electron chi connectivity index (χ2n) is 6.49. The summed E-state index contributed by atoms with van der Waals surface area (Å²) in [5.74, 6) is -0.258. The van der Waals surface area contributed by atoms with Crippen LogP contribution in [0.5, 0.6) is 0 Å². The Morgan fingerprint density at radius 3 is 2.16 bits per heavy atom. The first-order chi connectivity index (χ1) is 8.56. The van der Waals surface area contributed by atoms with E-state index in [0.717, 1.165) is 0 Å². The quantitative estimate of drug-likeness (QED) is 0.746. The minimum atomic E-state index is -2.02. The number of hydrogen-bond acceptors (Lipinski definition) is 4. The van der Waals surface area contributed by atoms with Gasteiger partial charge in [0.05, 0.1) is 5.57 Å². The van der Waals surface area contributed by atoms with Crippen LogP contribution < -0.4 is 0 Å². The van der Waals surface area contributed by atoms with Gasteiger partial charge in [0, 0.05) is 7.11 Å². The predicted molar refractivity (Wildman–Crippen MR) is 76.2 cm³/mol. The lowest BCUT2D eigenvalue weighted by Gasteiger charge is -2.39. The summed E-state index contributed by atoms with van der Waals surface area (Å²) in [4.78, 5) is 12.1. The summed E-state index contributed by atoms with van der Waals surface area (Å²) < 4.78 is 11.5. The number of Topliss-reactive ketones (excluding diaryl/α,β-unsaturated/α-hetero) is 1. The third-order valence-electron chi connectivity index (χ3n) is 4.19. The van der Waals surface area contributed by atoms with E-state index >= 15 is 0 Å². The molecule has 2 atom stereocenters.